The summed E-state index contributed by atoms with van der Waals surface area (Å²) in [6.45, 7) is 0. The Labute approximate surface area is 119 Å². The molecule has 0 heterocycles. The van der Waals surface area contributed by atoms with E-state index in [1.165, 1.54) is 24.3 Å². The summed E-state index contributed by atoms with van der Waals surface area (Å²) in [6, 6.07) is 9.99. The van der Waals surface area contributed by atoms with Crippen molar-refractivity contribution in [2.75, 3.05) is 19.0 Å². The second-order valence-electron chi connectivity index (χ2n) is 4.61. The summed E-state index contributed by atoms with van der Waals surface area (Å²) in [6.07, 6.45) is -4.78. The smallest absolute Gasteiger partial charge is 0.406 e. The number of rotatable bonds is 3. The van der Waals surface area contributed by atoms with E-state index in [0.29, 0.717) is 11.3 Å². The summed E-state index contributed by atoms with van der Waals surface area (Å²) < 4.78 is 54.9. The molecule has 0 radical (unpaired) electrons. The van der Waals surface area contributed by atoms with Crippen molar-refractivity contribution in [3.8, 4) is 16.9 Å². The lowest BCUT2D eigenvalue weighted by molar-refractivity contribution is -0.274. The van der Waals surface area contributed by atoms with Crippen molar-refractivity contribution in [1.82, 2.24) is 0 Å². The van der Waals surface area contributed by atoms with Crippen molar-refractivity contribution >= 4 is 5.69 Å². The standard InChI is InChI=1S/C15H13F4NO/c1-20(2)13-8-4-7-12(14(13)16)10-5-3-6-11(9-10)21-15(17,18)19/h3-9H,1-2H3. The van der Waals surface area contributed by atoms with Crippen LogP contribution in [-0.2, 0) is 0 Å². The van der Waals surface area contributed by atoms with Crippen LogP contribution >= 0.6 is 0 Å². The van der Waals surface area contributed by atoms with E-state index in [2.05, 4.69) is 4.74 Å². The molecule has 0 aromatic heterocycles. The van der Waals surface area contributed by atoms with Gasteiger partial charge in [-0.15, -0.1) is 13.2 Å². The molecular weight excluding hydrogens is 286 g/mol. The quantitative estimate of drug-likeness (QED) is 0.776. The van der Waals surface area contributed by atoms with Crippen molar-refractivity contribution in [1.29, 1.82) is 0 Å². The molecule has 0 aliphatic rings. The molecule has 0 unspecified atom stereocenters. The molecule has 0 saturated carbocycles. The molecule has 2 rings (SSSR count). The van der Waals surface area contributed by atoms with Crippen LogP contribution in [0.25, 0.3) is 11.1 Å². The van der Waals surface area contributed by atoms with Crippen molar-refractivity contribution in [3.05, 3.63) is 48.3 Å². The third-order valence-corrected chi connectivity index (χ3v) is 2.84. The fourth-order valence-electron chi connectivity index (χ4n) is 1.95. The van der Waals surface area contributed by atoms with Crippen LogP contribution in [0.4, 0.5) is 23.2 Å². The Morgan fingerprint density at radius 1 is 1.00 bits per heavy atom. The SMILES string of the molecule is CN(C)c1cccc(-c2cccc(OC(F)(F)F)c2)c1F. The van der Waals surface area contributed by atoms with Crippen LogP contribution in [0.1, 0.15) is 0 Å². The van der Waals surface area contributed by atoms with Crippen LogP contribution in [0.2, 0.25) is 0 Å². The van der Waals surface area contributed by atoms with E-state index in [1.54, 1.807) is 31.1 Å². The zero-order valence-corrected chi connectivity index (χ0v) is 11.4. The topological polar surface area (TPSA) is 12.5 Å². The van der Waals surface area contributed by atoms with Crippen LogP contribution in [0.15, 0.2) is 42.5 Å². The second-order valence-corrected chi connectivity index (χ2v) is 4.61. The molecule has 0 aliphatic carbocycles. The number of hydrogen-bond acceptors (Lipinski definition) is 2. The van der Waals surface area contributed by atoms with Gasteiger partial charge in [0.1, 0.15) is 5.75 Å². The predicted octanol–water partition coefficient (Wildman–Crippen LogP) is 4.46. The van der Waals surface area contributed by atoms with Gasteiger partial charge in [-0.25, -0.2) is 4.39 Å². The molecule has 0 aliphatic heterocycles. The normalized spacial score (nSPS) is 11.3. The maximum Gasteiger partial charge on any atom is 0.573 e. The lowest BCUT2D eigenvalue weighted by Crippen LogP contribution is -2.17. The molecular formula is C15H13F4NO. The fourth-order valence-corrected chi connectivity index (χ4v) is 1.95. The van der Waals surface area contributed by atoms with E-state index < -0.39 is 12.2 Å². The number of nitrogens with zero attached hydrogens (tertiary/aromatic N) is 1. The number of halogens is 4. The van der Waals surface area contributed by atoms with E-state index in [0.717, 1.165) is 6.07 Å². The van der Waals surface area contributed by atoms with Crippen LogP contribution in [0.3, 0.4) is 0 Å². The molecule has 21 heavy (non-hydrogen) atoms. The molecule has 2 aromatic carbocycles. The fraction of sp³-hybridized carbons (Fsp3) is 0.200. The van der Waals surface area contributed by atoms with Gasteiger partial charge >= 0.3 is 6.36 Å². The van der Waals surface area contributed by atoms with Gasteiger partial charge in [-0.05, 0) is 23.8 Å². The molecule has 0 spiro atoms. The Morgan fingerprint density at radius 2 is 1.67 bits per heavy atom. The molecule has 0 saturated heterocycles. The van der Waals surface area contributed by atoms with Crippen molar-refractivity contribution < 1.29 is 22.3 Å². The highest BCUT2D eigenvalue weighted by molar-refractivity contribution is 5.70. The number of ether oxygens (including phenoxy) is 1. The third-order valence-electron chi connectivity index (χ3n) is 2.84. The van der Waals surface area contributed by atoms with Crippen LogP contribution in [0, 0.1) is 5.82 Å². The van der Waals surface area contributed by atoms with Gasteiger partial charge in [0.05, 0.1) is 5.69 Å². The van der Waals surface area contributed by atoms with Gasteiger partial charge in [0.25, 0.3) is 0 Å². The largest absolute Gasteiger partial charge is 0.573 e. The Kier molecular flexibility index (Phi) is 4.06. The van der Waals surface area contributed by atoms with E-state index in [4.69, 9.17) is 0 Å². The number of benzene rings is 2. The monoisotopic (exact) mass is 299 g/mol. The Morgan fingerprint density at radius 3 is 2.29 bits per heavy atom. The maximum absolute atomic E-state index is 14.4. The summed E-state index contributed by atoms with van der Waals surface area (Å²) in [5, 5.41) is 0. The average Bonchev–Trinajstić information content (AvgIpc) is 2.36. The summed E-state index contributed by atoms with van der Waals surface area (Å²) in [5.74, 6) is -0.874. The Balaban J connectivity index is 2.43. The number of alkyl halides is 3. The first-order chi connectivity index (χ1) is 9.78. The zero-order chi connectivity index (χ0) is 15.6. The summed E-state index contributed by atoms with van der Waals surface area (Å²) in [5.41, 5.74) is 0.890. The lowest BCUT2D eigenvalue weighted by atomic mass is 10.0. The third kappa shape index (κ3) is 3.65. The number of anilines is 1. The minimum atomic E-state index is -4.78. The minimum Gasteiger partial charge on any atom is -0.406 e. The van der Waals surface area contributed by atoms with Crippen LogP contribution in [-0.4, -0.2) is 20.5 Å². The summed E-state index contributed by atoms with van der Waals surface area (Å²) in [4.78, 5) is 1.59. The predicted molar refractivity (Wildman–Crippen MR) is 72.8 cm³/mol. The maximum atomic E-state index is 14.4. The molecule has 2 aromatic rings. The zero-order valence-electron chi connectivity index (χ0n) is 11.4. The molecule has 0 amide bonds. The first-order valence-corrected chi connectivity index (χ1v) is 6.10. The average molecular weight is 299 g/mol. The van der Waals surface area contributed by atoms with E-state index in [9.17, 15) is 17.6 Å². The lowest BCUT2D eigenvalue weighted by Gasteiger charge is -2.16. The van der Waals surface area contributed by atoms with Gasteiger partial charge in [0.15, 0.2) is 5.82 Å². The van der Waals surface area contributed by atoms with Gasteiger partial charge < -0.3 is 9.64 Å². The molecule has 112 valence electrons. The molecule has 2 nitrogen and oxygen atoms in total. The number of hydrogen-bond donors (Lipinski definition) is 0. The highest BCUT2D eigenvalue weighted by Gasteiger charge is 2.31. The molecule has 0 atom stereocenters. The summed E-state index contributed by atoms with van der Waals surface area (Å²) in [7, 11) is 3.37. The Bertz CT molecular complexity index is 638. The van der Waals surface area contributed by atoms with Gasteiger partial charge in [-0.3, -0.25) is 0 Å². The van der Waals surface area contributed by atoms with Crippen LogP contribution < -0.4 is 9.64 Å². The van der Waals surface area contributed by atoms with Gasteiger partial charge in [-0.2, -0.15) is 0 Å². The molecule has 0 N–H and O–H groups in total. The highest BCUT2D eigenvalue weighted by Crippen LogP contribution is 2.32. The minimum absolute atomic E-state index is 0.217. The van der Waals surface area contributed by atoms with E-state index in [1.807, 2.05) is 0 Å². The Hall–Kier alpha value is -2.24. The second kappa shape index (κ2) is 5.63. The first-order valence-electron chi connectivity index (χ1n) is 6.10. The first kappa shape index (κ1) is 15.2. The van der Waals surface area contributed by atoms with Crippen molar-refractivity contribution in [3.63, 3.8) is 0 Å². The molecule has 0 bridgehead atoms. The highest BCUT2D eigenvalue weighted by atomic mass is 19.4. The van der Waals surface area contributed by atoms with E-state index >= 15 is 0 Å². The summed E-state index contributed by atoms with van der Waals surface area (Å²) >= 11 is 0. The van der Waals surface area contributed by atoms with E-state index in [-0.39, 0.29) is 11.3 Å². The molecule has 0 fully saturated rings. The molecule has 6 heteroatoms. The van der Waals surface area contributed by atoms with Gasteiger partial charge in [0.2, 0.25) is 0 Å². The van der Waals surface area contributed by atoms with Gasteiger partial charge in [0, 0.05) is 19.7 Å². The van der Waals surface area contributed by atoms with Crippen LogP contribution in [0.5, 0.6) is 5.75 Å². The van der Waals surface area contributed by atoms with Gasteiger partial charge in [-0.1, -0.05) is 24.3 Å². The van der Waals surface area contributed by atoms with Crippen molar-refractivity contribution in [2.45, 2.75) is 6.36 Å². The van der Waals surface area contributed by atoms with Crippen molar-refractivity contribution in [2.24, 2.45) is 0 Å².